The predicted molar refractivity (Wildman–Crippen MR) is 115 cm³/mol. The van der Waals surface area contributed by atoms with Crippen molar-refractivity contribution in [2.75, 3.05) is 14.2 Å². The van der Waals surface area contributed by atoms with Crippen molar-refractivity contribution in [2.24, 2.45) is 10.1 Å². The lowest BCUT2D eigenvalue weighted by Crippen LogP contribution is -2.19. The monoisotopic (exact) mass is 453 g/mol. The summed E-state index contributed by atoms with van der Waals surface area (Å²) in [5.41, 5.74) is 6.88. The Morgan fingerprint density at radius 1 is 0.862 bits per heavy atom. The fourth-order valence-corrected chi connectivity index (χ4v) is 3.41. The Kier molecular flexibility index (Phi) is 5.31. The highest BCUT2D eigenvalue weighted by molar-refractivity contribution is 9.10. The third-order valence-corrected chi connectivity index (χ3v) is 4.99. The van der Waals surface area contributed by atoms with Crippen molar-refractivity contribution in [1.82, 2.24) is 5.43 Å². The third-order valence-electron chi connectivity index (χ3n) is 4.49. The summed E-state index contributed by atoms with van der Waals surface area (Å²) in [5.74, 6) is 1.47. The van der Waals surface area contributed by atoms with Crippen LogP contribution in [0.3, 0.4) is 0 Å². The average Bonchev–Trinajstić information content (AvgIpc) is 2.93. The zero-order valence-corrected chi connectivity index (χ0v) is 17.3. The van der Waals surface area contributed by atoms with Gasteiger partial charge in [-0.1, -0.05) is 15.9 Å². The number of hydrazone groups is 1. The summed E-state index contributed by atoms with van der Waals surface area (Å²) < 4.78 is 25.0. The molecular weight excluding hydrogens is 437 g/mol. The number of fused-ring (bicyclic) bond motifs is 1. The van der Waals surface area contributed by atoms with Gasteiger partial charge in [-0.25, -0.2) is 9.38 Å². The number of methoxy groups -OCH3 is 2. The minimum absolute atomic E-state index is 0.304. The van der Waals surface area contributed by atoms with Crippen LogP contribution in [0.15, 0.2) is 75.2 Å². The van der Waals surface area contributed by atoms with Crippen LogP contribution in [0.2, 0.25) is 0 Å². The molecule has 3 aromatic rings. The number of nitrogens with zero attached hydrogens (tertiary/aromatic N) is 2. The number of halogens is 2. The van der Waals surface area contributed by atoms with Crippen LogP contribution in [0, 0.1) is 5.82 Å². The van der Waals surface area contributed by atoms with E-state index in [0.29, 0.717) is 23.0 Å². The lowest BCUT2D eigenvalue weighted by molar-refractivity contribution is 0.355. The van der Waals surface area contributed by atoms with Gasteiger partial charge in [-0.15, -0.1) is 0 Å². The zero-order valence-electron chi connectivity index (χ0n) is 15.7. The molecular formula is C22H17BrFN3O2. The lowest BCUT2D eigenvalue weighted by Gasteiger charge is -2.12. The zero-order chi connectivity index (χ0) is 20.4. The van der Waals surface area contributed by atoms with Crippen LogP contribution < -0.4 is 14.9 Å². The van der Waals surface area contributed by atoms with E-state index in [2.05, 4.69) is 26.5 Å². The van der Waals surface area contributed by atoms with Crippen molar-refractivity contribution in [3.8, 4) is 11.5 Å². The van der Waals surface area contributed by atoms with Crippen LogP contribution >= 0.6 is 15.9 Å². The smallest absolute Gasteiger partial charge is 0.161 e. The Bertz CT molecular complexity index is 1130. The quantitative estimate of drug-likeness (QED) is 0.601. The number of aliphatic imine (C=N–C) groups is 1. The molecule has 0 saturated heterocycles. The van der Waals surface area contributed by atoms with Crippen molar-refractivity contribution in [3.63, 3.8) is 0 Å². The van der Waals surface area contributed by atoms with Crippen LogP contribution in [-0.2, 0) is 0 Å². The summed E-state index contributed by atoms with van der Waals surface area (Å²) in [6.07, 6.45) is 0. The summed E-state index contributed by atoms with van der Waals surface area (Å²) in [4.78, 5) is 4.72. The molecule has 29 heavy (non-hydrogen) atoms. The lowest BCUT2D eigenvalue weighted by atomic mass is 10.0. The molecule has 0 radical (unpaired) electrons. The fraction of sp³-hybridized carbons (Fsp3) is 0.0909. The maximum atomic E-state index is 13.3. The van der Waals surface area contributed by atoms with E-state index in [1.54, 1.807) is 26.4 Å². The van der Waals surface area contributed by atoms with E-state index in [1.807, 2.05) is 36.4 Å². The number of rotatable bonds is 4. The van der Waals surface area contributed by atoms with E-state index in [4.69, 9.17) is 14.5 Å². The van der Waals surface area contributed by atoms with Gasteiger partial charge in [-0.2, -0.15) is 5.10 Å². The van der Waals surface area contributed by atoms with Gasteiger partial charge in [-0.3, -0.25) is 5.43 Å². The van der Waals surface area contributed by atoms with Crippen LogP contribution in [0.5, 0.6) is 11.5 Å². The molecule has 0 aliphatic carbocycles. The molecule has 0 saturated carbocycles. The third kappa shape index (κ3) is 3.86. The number of benzene rings is 3. The number of hydrogen-bond acceptors (Lipinski definition) is 5. The molecule has 0 bridgehead atoms. The second-order valence-corrected chi connectivity index (χ2v) is 7.19. The van der Waals surface area contributed by atoms with Crippen LogP contribution in [0.1, 0.15) is 16.7 Å². The average molecular weight is 454 g/mol. The van der Waals surface area contributed by atoms with Crippen molar-refractivity contribution in [1.29, 1.82) is 0 Å². The van der Waals surface area contributed by atoms with Gasteiger partial charge in [-0.05, 0) is 60.7 Å². The fourth-order valence-electron chi connectivity index (χ4n) is 3.05. The molecule has 0 amide bonds. The van der Waals surface area contributed by atoms with Gasteiger partial charge in [0, 0.05) is 21.2 Å². The largest absolute Gasteiger partial charge is 0.493 e. The van der Waals surface area contributed by atoms with E-state index in [1.165, 1.54) is 12.1 Å². The van der Waals surface area contributed by atoms with Crippen LogP contribution in [-0.4, -0.2) is 25.8 Å². The first-order chi connectivity index (χ1) is 14.1. The van der Waals surface area contributed by atoms with Gasteiger partial charge in [0.05, 0.1) is 19.9 Å². The SMILES string of the molecule is COc1ccc(C2=NNC(c3ccc(F)cc3)=Nc3ccc(Br)cc32)cc1OC. The van der Waals surface area contributed by atoms with Crippen molar-refractivity contribution < 1.29 is 13.9 Å². The highest BCUT2D eigenvalue weighted by atomic mass is 79.9. The van der Waals surface area contributed by atoms with Crippen LogP contribution in [0.4, 0.5) is 10.1 Å². The second-order valence-electron chi connectivity index (χ2n) is 6.27. The summed E-state index contributed by atoms with van der Waals surface area (Å²) in [6, 6.07) is 17.5. The van der Waals surface area contributed by atoms with Crippen molar-refractivity contribution in [2.45, 2.75) is 0 Å². The number of hydrogen-bond donors (Lipinski definition) is 1. The number of nitrogens with one attached hydrogen (secondary N) is 1. The molecule has 4 rings (SSSR count). The first-order valence-corrected chi connectivity index (χ1v) is 9.59. The molecule has 1 aliphatic heterocycles. The van der Waals surface area contributed by atoms with Gasteiger partial charge in [0.2, 0.25) is 0 Å². The Balaban J connectivity index is 1.85. The van der Waals surface area contributed by atoms with E-state index in [9.17, 15) is 4.39 Å². The molecule has 1 aliphatic rings. The summed E-state index contributed by atoms with van der Waals surface area (Å²) >= 11 is 3.52. The van der Waals surface area contributed by atoms with E-state index in [0.717, 1.165) is 26.9 Å². The maximum Gasteiger partial charge on any atom is 0.161 e. The minimum Gasteiger partial charge on any atom is -0.493 e. The van der Waals surface area contributed by atoms with Gasteiger partial charge in [0.25, 0.3) is 0 Å². The molecule has 0 atom stereocenters. The van der Waals surface area contributed by atoms with E-state index >= 15 is 0 Å². The molecule has 0 aromatic heterocycles. The van der Waals surface area contributed by atoms with Crippen molar-refractivity contribution in [3.05, 3.63) is 87.6 Å². The number of amidine groups is 1. The van der Waals surface area contributed by atoms with Gasteiger partial charge < -0.3 is 9.47 Å². The maximum absolute atomic E-state index is 13.3. The molecule has 3 aromatic carbocycles. The van der Waals surface area contributed by atoms with Gasteiger partial charge in [0.15, 0.2) is 17.3 Å². The molecule has 0 spiro atoms. The Morgan fingerprint density at radius 2 is 1.59 bits per heavy atom. The summed E-state index contributed by atoms with van der Waals surface area (Å²) in [7, 11) is 3.19. The van der Waals surface area contributed by atoms with E-state index < -0.39 is 0 Å². The first-order valence-electron chi connectivity index (χ1n) is 8.79. The standard InChI is InChI=1S/C22H17BrFN3O2/c1-28-19-10-5-14(11-20(19)29-2)21-17-12-15(23)6-9-18(17)25-22(27-26-21)13-3-7-16(24)8-4-13/h3-12H,1-2H3,(H,25,27). The molecule has 5 nitrogen and oxygen atoms in total. The first kappa shape index (κ1) is 19.1. The summed E-state index contributed by atoms with van der Waals surface area (Å²) in [5, 5.41) is 4.61. The Labute approximate surface area is 176 Å². The topological polar surface area (TPSA) is 55.2 Å². The Hall–Kier alpha value is -3.19. The molecule has 0 unspecified atom stereocenters. The summed E-state index contributed by atoms with van der Waals surface area (Å²) in [6.45, 7) is 0. The van der Waals surface area contributed by atoms with Gasteiger partial charge in [0.1, 0.15) is 11.5 Å². The molecule has 7 heteroatoms. The predicted octanol–water partition coefficient (Wildman–Crippen LogP) is 5.04. The van der Waals surface area contributed by atoms with E-state index in [-0.39, 0.29) is 5.82 Å². The van der Waals surface area contributed by atoms with Crippen LogP contribution in [0.25, 0.3) is 0 Å². The van der Waals surface area contributed by atoms with Crippen molar-refractivity contribution >= 4 is 33.2 Å². The molecule has 0 fully saturated rings. The highest BCUT2D eigenvalue weighted by Crippen LogP contribution is 2.32. The highest BCUT2D eigenvalue weighted by Gasteiger charge is 2.19. The number of ether oxygens (including phenoxy) is 2. The Morgan fingerprint density at radius 3 is 2.31 bits per heavy atom. The molecule has 146 valence electrons. The normalized spacial score (nSPS) is 12.8. The molecule has 1 heterocycles. The second kappa shape index (κ2) is 8.05. The molecule has 1 N–H and O–H groups in total. The van der Waals surface area contributed by atoms with Gasteiger partial charge >= 0.3 is 0 Å². The minimum atomic E-state index is -0.304.